The smallest absolute Gasteiger partial charge is 0.302 e. The third-order valence-corrected chi connectivity index (χ3v) is 6.48. The number of ether oxygens (including phenoxy) is 1. The molecular weight excluding hydrogens is 430 g/mol. The first kappa shape index (κ1) is 27.7. The Kier molecular flexibility index (Phi) is 12.6. The van der Waals surface area contributed by atoms with Crippen LogP contribution in [0.15, 0.2) is 24.3 Å². The van der Waals surface area contributed by atoms with Crippen molar-refractivity contribution in [2.75, 3.05) is 6.61 Å². The van der Waals surface area contributed by atoms with Gasteiger partial charge in [-0.3, -0.25) is 24.1 Å². The first-order valence-corrected chi connectivity index (χ1v) is 13.1. The number of esters is 1. The Morgan fingerprint density at radius 2 is 1.21 bits per heavy atom. The number of rotatable bonds is 18. The SMILES string of the molecule is CCCCCCCCCCCCCCCC(=O)[C@H](COC(C)=O)N1C(=O)c2ccccc2C1=O. The molecule has 0 unspecified atom stereocenters. The molecule has 2 rings (SSSR count). The molecule has 0 fully saturated rings. The van der Waals surface area contributed by atoms with Crippen molar-refractivity contribution in [1.29, 1.82) is 0 Å². The van der Waals surface area contributed by atoms with Crippen LogP contribution in [0.5, 0.6) is 0 Å². The van der Waals surface area contributed by atoms with Gasteiger partial charge in [0, 0.05) is 13.3 Å². The number of imide groups is 1. The number of fused-ring (bicyclic) bond motifs is 1. The van der Waals surface area contributed by atoms with E-state index in [4.69, 9.17) is 4.74 Å². The van der Waals surface area contributed by atoms with Crippen molar-refractivity contribution in [2.45, 2.75) is 110 Å². The number of hydrogen-bond donors (Lipinski definition) is 0. The number of nitrogens with zero attached hydrogens (tertiary/aromatic N) is 1. The van der Waals surface area contributed by atoms with Crippen molar-refractivity contribution >= 4 is 23.6 Å². The lowest BCUT2D eigenvalue weighted by molar-refractivity contribution is -0.143. The standard InChI is InChI=1S/C28H41NO5/c1-3-4-5-6-7-8-9-10-11-12-13-14-15-20-26(31)25(21-34-22(2)30)29-27(32)23-18-16-17-19-24(23)28(29)33/h16-19,25H,3-15,20-21H2,1-2H3/t25-/m0/s1. The van der Waals surface area contributed by atoms with E-state index in [9.17, 15) is 19.2 Å². The average Bonchev–Trinajstić information content (AvgIpc) is 3.07. The van der Waals surface area contributed by atoms with Gasteiger partial charge in [0.25, 0.3) is 11.8 Å². The molecule has 0 bridgehead atoms. The van der Waals surface area contributed by atoms with Crippen molar-refractivity contribution in [3.63, 3.8) is 0 Å². The van der Waals surface area contributed by atoms with Crippen molar-refractivity contribution < 1.29 is 23.9 Å². The Bertz CT molecular complexity index is 784. The zero-order chi connectivity index (χ0) is 24.8. The van der Waals surface area contributed by atoms with Crippen LogP contribution in [-0.2, 0) is 14.3 Å². The van der Waals surface area contributed by atoms with E-state index in [1.165, 1.54) is 71.1 Å². The maximum atomic E-state index is 12.9. The zero-order valence-electron chi connectivity index (χ0n) is 21.0. The van der Waals surface area contributed by atoms with E-state index in [0.29, 0.717) is 6.42 Å². The summed E-state index contributed by atoms with van der Waals surface area (Å²) in [4.78, 5) is 50.8. The second-order valence-corrected chi connectivity index (χ2v) is 9.30. The fraction of sp³-hybridized carbons (Fsp3) is 0.643. The molecule has 2 amide bonds. The third kappa shape index (κ3) is 8.69. The van der Waals surface area contributed by atoms with Crippen molar-refractivity contribution in [3.8, 4) is 0 Å². The molecule has 0 saturated carbocycles. The van der Waals surface area contributed by atoms with Crippen LogP contribution < -0.4 is 0 Å². The lowest BCUT2D eigenvalue weighted by Gasteiger charge is -2.24. The van der Waals surface area contributed by atoms with Gasteiger partial charge in [-0.1, -0.05) is 96.1 Å². The van der Waals surface area contributed by atoms with Gasteiger partial charge in [-0.2, -0.15) is 0 Å². The van der Waals surface area contributed by atoms with E-state index in [-0.39, 0.29) is 29.9 Å². The predicted molar refractivity (Wildman–Crippen MR) is 133 cm³/mol. The molecule has 0 aromatic heterocycles. The fourth-order valence-electron chi connectivity index (χ4n) is 4.48. The lowest BCUT2D eigenvalue weighted by atomic mass is 10.0. The maximum Gasteiger partial charge on any atom is 0.302 e. The molecule has 188 valence electrons. The van der Waals surface area contributed by atoms with Gasteiger partial charge in [0.15, 0.2) is 5.78 Å². The van der Waals surface area contributed by atoms with Gasteiger partial charge < -0.3 is 4.74 Å². The highest BCUT2D eigenvalue weighted by molar-refractivity contribution is 6.23. The Morgan fingerprint density at radius 1 is 0.765 bits per heavy atom. The Balaban J connectivity index is 1.71. The molecule has 1 aromatic rings. The number of carbonyl (C=O) groups is 4. The zero-order valence-corrected chi connectivity index (χ0v) is 21.0. The van der Waals surface area contributed by atoms with Gasteiger partial charge >= 0.3 is 5.97 Å². The van der Waals surface area contributed by atoms with Gasteiger partial charge in [0.2, 0.25) is 0 Å². The van der Waals surface area contributed by atoms with E-state index in [2.05, 4.69) is 6.92 Å². The molecule has 6 nitrogen and oxygen atoms in total. The number of unbranched alkanes of at least 4 members (excludes halogenated alkanes) is 12. The van der Waals surface area contributed by atoms with Gasteiger partial charge in [-0.15, -0.1) is 0 Å². The predicted octanol–water partition coefficient (Wildman–Crippen LogP) is 6.26. The molecule has 0 saturated heterocycles. The van der Waals surface area contributed by atoms with Crippen LogP contribution >= 0.6 is 0 Å². The van der Waals surface area contributed by atoms with Crippen LogP contribution in [0.25, 0.3) is 0 Å². The average molecular weight is 472 g/mol. The molecule has 6 heteroatoms. The minimum Gasteiger partial charge on any atom is -0.463 e. The van der Waals surface area contributed by atoms with Crippen LogP contribution in [-0.4, -0.2) is 41.1 Å². The van der Waals surface area contributed by atoms with Crippen LogP contribution in [0, 0.1) is 0 Å². The first-order valence-electron chi connectivity index (χ1n) is 13.1. The number of Topliss-reactive ketones (excluding diaryl/α,β-unsaturated/α-hetero) is 1. The molecule has 0 N–H and O–H groups in total. The largest absolute Gasteiger partial charge is 0.463 e. The molecule has 0 aliphatic carbocycles. The fourth-order valence-corrected chi connectivity index (χ4v) is 4.48. The Hall–Kier alpha value is -2.50. The molecule has 34 heavy (non-hydrogen) atoms. The van der Waals surface area contributed by atoms with Gasteiger partial charge in [-0.25, -0.2) is 0 Å². The van der Waals surface area contributed by atoms with Crippen LogP contribution in [0.4, 0.5) is 0 Å². The summed E-state index contributed by atoms with van der Waals surface area (Å²) < 4.78 is 5.05. The Morgan fingerprint density at radius 3 is 1.65 bits per heavy atom. The van der Waals surface area contributed by atoms with Crippen LogP contribution in [0.3, 0.4) is 0 Å². The lowest BCUT2D eigenvalue weighted by Crippen LogP contribution is -2.47. The Labute approximate surface area is 204 Å². The van der Waals surface area contributed by atoms with Crippen LogP contribution in [0.1, 0.15) is 124 Å². The molecule has 1 heterocycles. The first-order chi connectivity index (χ1) is 16.5. The summed E-state index contributed by atoms with van der Waals surface area (Å²) in [6.45, 7) is 3.19. The van der Waals surface area contributed by atoms with Crippen molar-refractivity contribution in [2.24, 2.45) is 0 Å². The van der Waals surface area contributed by atoms with Gasteiger partial charge in [0.05, 0.1) is 11.1 Å². The topological polar surface area (TPSA) is 80.8 Å². The monoisotopic (exact) mass is 471 g/mol. The van der Waals surface area contributed by atoms with E-state index < -0.39 is 23.8 Å². The molecular formula is C28H41NO5. The van der Waals surface area contributed by atoms with E-state index in [1.54, 1.807) is 24.3 Å². The summed E-state index contributed by atoms with van der Waals surface area (Å²) in [7, 11) is 0. The van der Waals surface area contributed by atoms with Crippen molar-refractivity contribution in [3.05, 3.63) is 35.4 Å². The summed E-state index contributed by atoms with van der Waals surface area (Å²) in [5.74, 6) is -1.79. The number of amides is 2. The number of carbonyl (C=O) groups excluding carboxylic acids is 4. The second-order valence-electron chi connectivity index (χ2n) is 9.30. The minimum atomic E-state index is -1.08. The van der Waals surface area contributed by atoms with E-state index >= 15 is 0 Å². The molecule has 1 aromatic carbocycles. The summed E-state index contributed by atoms with van der Waals surface area (Å²) >= 11 is 0. The molecule has 1 aliphatic heterocycles. The minimum absolute atomic E-state index is 0.237. The van der Waals surface area contributed by atoms with E-state index in [0.717, 1.165) is 17.7 Å². The number of hydrogen-bond acceptors (Lipinski definition) is 5. The highest BCUT2D eigenvalue weighted by Crippen LogP contribution is 2.26. The highest BCUT2D eigenvalue weighted by Gasteiger charge is 2.42. The van der Waals surface area contributed by atoms with E-state index in [1.807, 2.05) is 0 Å². The number of benzene rings is 1. The summed E-state index contributed by atoms with van der Waals surface area (Å²) in [6, 6.07) is 5.45. The quantitative estimate of drug-likeness (QED) is 0.143. The highest BCUT2D eigenvalue weighted by atomic mass is 16.5. The maximum absolute atomic E-state index is 12.9. The van der Waals surface area contributed by atoms with Gasteiger partial charge in [-0.05, 0) is 18.6 Å². The van der Waals surface area contributed by atoms with Gasteiger partial charge in [0.1, 0.15) is 12.6 Å². The second kappa shape index (κ2) is 15.4. The number of ketones is 1. The molecule has 1 atom stereocenters. The summed E-state index contributed by atoms with van der Waals surface area (Å²) in [5.41, 5.74) is 0.572. The normalized spacial score (nSPS) is 13.8. The van der Waals surface area contributed by atoms with Crippen molar-refractivity contribution in [1.82, 2.24) is 4.90 Å². The summed E-state index contributed by atoms with van der Waals surface area (Å²) in [6.07, 6.45) is 16.0. The molecule has 0 radical (unpaired) electrons. The molecule has 0 spiro atoms. The third-order valence-electron chi connectivity index (χ3n) is 6.48. The van der Waals surface area contributed by atoms with Crippen LogP contribution in [0.2, 0.25) is 0 Å². The summed E-state index contributed by atoms with van der Waals surface area (Å²) in [5, 5.41) is 0. The molecule has 1 aliphatic rings.